The Bertz CT molecular complexity index is 981. The molecule has 2 aromatic rings. The molecule has 33 heavy (non-hydrogen) atoms. The van der Waals surface area contributed by atoms with Crippen molar-refractivity contribution in [1.82, 2.24) is 10.2 Å². The van der Waals surface area contributed by atoms with E-state index in [0.29, 0.717) is 18.2 Å². The van der Waals surface area contributed by atoms with Crippen molar-refractivity contribution in [2.24, 2.45) is 0 Å². The second kappa shape index (κ2) is 10.7. The number of nitriles is 1. The Kier molecular flexibility index (Phi) is 7.99. The number of amides is 1. The Hall–Kier alpha value is -3.04. The van der Waals surface area contributed by atoms with Gasteiger partial charge in [-0.3, -0.25) is 0 Å². The number of ether oxygens (including phenoxy) is 2. The van der Waals surface area contributed by atoms with Gasteiger partial charge in [0.15, 0.2) is 0 Å². The number of nitrogens with zero attached hydrogens (tertiary/aromatic N) is 2. The summed E-state index contributed by atoms with van der Waals surface area (Å²) in [5.74, 6) is 0.859. The zero-order valence-electron chi connectivity index (χ0n) is 20.4. The molecule has 0 radical (unpaired) electrons. The van der Waals surface area contributed by atoms with Crippen LogP contribution in [-0.4, -0.2) is 42.8 Å². The molecule has 3 rings (SSSR count). The zero-order chi connectivity index (χ0) is 24.0. The first-order valence-corrected chi connectivity index (χ1v) is 11.6. The number of methoxy groups -OCH3 is 1. The third-order valence-corrected chi connectivity index (χ3v) is 6.13. The molecule has 1 fully saturated rings. The van der Waals surface area contributed by atoms with Crippen molar-refractivity contribution in [3.63, 3.8) is 0 Å². The third kappa shape index (κ3) is 6.72. The first-order valence-electron chi connectivity index (χ1n) is 11.6. The maximum absolute atomic E-state index is 12.4. The summed E-state index contributed by atoms with van der Waals surface area (Å²) in [4.78, 5) is 14.1. The van der Waals surface area contributed by atoms with Crippen molar-refractivity contribution in [3.8, 4) is 22.9 Å². The quantitative estimate of drug-likeness (QED) is 0.630. The molecule has 0 atom stereocenters. The summed E-state index contributed by atoms with van der Waals surface area (Å²) < 4.78 is 11.1. The molecule has 6 nitrogen and oxygen atoms in total. The monoisotopic (exact) mass is 449 g/mol. The summed E-state index contributed by atoms with van der Waals surface area (Å²) >= 11 is 0. The molecular weight excluding hydrogens is 414 g/mol. The Morgan fingerprint density at radius 3 is 2.30 bits per heavy atom. The van der Waals surface area contributed by atoms with E-state index in [0.717, 1.165) is 48.1 Å². The van der Waals surface area contributed by atoms with Crippen LogP contribution in [0.25, 0.3) is 11.1 Å². The Balaban J connectivity index is 1.58. The van der Waals surface area contributed by atoms with Crippen LogP contribution in [0.5, 0.6) is 5.75 Å². The lowest BCUT2D eigenvalue weighted by Gasteiger charge is -2.36. The predicted molar refractivity (Wildman–Crippen MR) is 130 cm³/mol. The topological polar surface area (TPSA) is 74.6 Å². The summed E-state index contributed by atoms with van der Waals surface area (Å²) in [7, 11) is 3.53. The van der Waals surface area contributed by atoms with Crippen LogP contribution in [0.4, 0.5) is 4.79 Å². The van der Waals surface area contributed by atoms with Crippen LogP contribution in [0, 0.1) is 11.3 Å². The standard InChI is InChI=1S/C27H35N3O3/c1-27(2,3)33-26(31)30(4)24-13-11-23(12-14-24)29-18-22-16-21(10-15-25(22)32-5)20-8-6-19(17-28)7-9-20/h6-10,15-16,23-24,29H,11-14,18H2,1-5H3/t23-,24-. The second-order valence-electron chi connectivity index (χ2n) is 9.69. The van der Waals surface area contributed by atoms with E-state index < -0.39 is 5.60 Å². The molecular formula is C27H35N3O3. The fourth-order valence-electron chi connectivity index (χ4n) is 4.24. The van der Waals surface area contributed by atoms with Crippen LogP contribution in [0.2, 0.25) is 0 Å². The van der Waals surface area contributed by atoms with Crippen molar-refractivity contribution in [2.45, 2.75) is 70.7 Å². The lowest BCUT2D eigenvalue weighted by Crippen LogP contribution is -2.44. The van der Waals surface area contributed by atoms with Crippen LogP contribution in [0.15, 0.2) is 42.5 Å². The fourth-order valence-corrected chi connectivity index (χ4v) is 4.24. The number of hydrogen-bond donors (Lipinski definition) is 1. The van der Waals surface area contributed by atoms with Crippen molar-refractivity contribution in [2.75, 3.05) is 14.2 Å². The van der Waals surface area contributed by atoms with E-state index in [-0.39, 0.29) is 12.1 Å². The number of benzene rings is 2. The average molecular weight is 450 g/mol. The van der Waals surface area contributed by atoms with Gasteiger partial charge in [0.1, 0.15) is 11.4 Å². The van der Waals surface area contributed by atoms with Crippen molar-refractivity contribution in [1.29, 1.82) is 5.26 Å². The molecule has 0 aliphatic heterocycles. The molecule has 0 heterocycles. The fraction of sp³-hybridized carbons (Fsp3) is 0.481. The molecule has 6 heteroatoms. The van der Waals surface area contributed by atoms with E-state index in [1.165, 1.54) is 0 Å². The van der Waals surface area contributed by atoms with E-state index in [9.17, 15) is 4.79 Å². The Morgan fingerprint density at radius 2 is 1.73 bits per heavy atom. The normalized spacial score (nSPS) is 18.3. The van der Waals surface area contributed by atoms with Gasteiger partial charge in [0.05, 0.1) is 18.7 Å². The maximum Gasteiger partial charge on any atom is 0.410 e. The van der Waals surface area contributed by atoms with Gasteiger partial charge >= 0.3 is 6.09 Å². The lowest BCUT2D eigenvalue weighted by molar-refractivity contribution is 0.0179. The number of nitrogens with one attached hydrogen (secondary N) is 1. The lowest BCUT2D eigenvalue weighted by atomic mass is 9.90. The van der Waals surface area contributed by atoms with E-state index in [4.69, 9.17) is 14.7 Å². The zero-order valence-corrected chi connectivity index (χ0v) is 20.4. The minimum Gasteiger partial charge on any atom is -0.496 e. The van der Waals surface area contributed by atoms with Crippen LogP contribution >= 0.6 is 0 Å². The Labute approximate surface area is 197 Å². The SMILES string of the molecule is COc1ccc(-c2ccc(C#N)cc2)cc1CN[C@H]1CC[C@H](N(C)C(=O)OC(C)(C)C)CC1. The molecule has 176 valence electrons. The van der Waals surface area contributed by atoms with Gasteiger partial charge in [-0.05, 0) is 81.8 Å². The van der Waals surface area contributed by atoms with Crippen molar-refractivity contribution < 1.29 is 14.3 Å². The molecule has 1 aliphatic rings. The second-order valence-corrected chi connectivity index (χ2v) is 9.69. The summed E-state index contributed by atoms with van der Waals surface area (Å²) in [5, 5.41) is 12.7. The molecule has 0 aromatic heterocycles. The number of carbonyl (C=O) groups excluding carboxylic acids is 1. The highest BCUT2D eigenvalue weighted by molar-refractivity contribution is 5.68. The van der Waals surface area contributed by atoms with Gasteiger partial charge in [0, 0.05) is 31.2 Å². The molecule has 1 amide bonds. The molecule has 0 unspecified atom stereocenters. The van der Waals surface area contributed by atoms with Crippen molar-refractivity contribution in [3.05, 3.63) is 53.6 Å². The van der Waals surface area contributed by atoms with Crippen molar-refractivity contribution >= 4 is 6.09 Å². The van der Waals surface area contributed by atoms with E-state index in [1.54, 1.807) is 12.0 Å². The highest BCUT2D eigenvalue weighted by atomic mass is 16.6. The molecule has 1 N–H and O–H groups in total. The highest BCUT2D eigenvalue weighted by Gasteiger charge is 2.29. The number of carbonyl (C=O) groups is 1. The summed E-state index contributed by atoms with van der Waals surface area (Å²) in [6.45, 7) is 6.39. The summed E-state index contributed by atoms with van der Waals surface area (Å²) in [6, 6.07) is 16.6. The smallest absolute Gasteiger partial charge is 0.410 e. The van der Waals surface area contributed by atoms with Crippen LogP contribution in [0.3, 0.4) is 0 Å². The summed E-state index contributed by atoms with van der Waals surface area (Å²) in [6.07, 6.45) is 3.68. The number of hydrogen-bond acceptors (Lipinski definition) is 5. The first-order chi connectivity index (χ1) is 15.7. The third-order valence-electron chi connectivity index (χ3n) is 6.13. The van der Waals surface area contributed by atoms with Gasteiger partial charge in [-0.25, -0.2) is 4.79 Å². The number of rotatable bonds is 6. The molecule has 0 bridgehead atoms. The van der Waals surface area contributed by atoms with Crippen LogP contribution in [0.1, 0.15) is 57.6 Å². The largest absolute Gasteiger partial charge is 0.496 e. The first kappa shape index (κ1) is 24.6. The molecule has 1 aliphatic carbocycles. The van der Waals surface area contributed by atoms with Gasteiger partial charge < -0.3 is 19.7 Å². The van der Waals surface area contributed by atoms with Crippen LogP contribution in [-0.2, 0) is 11.3 Å². The predicted octanol–water partition coefficient (Wildman–Crippen LogP) is 5.50. The molecule has 0 spiro atoms. The maximum atomic E-state index is 12.4. The molecule has 0 saturated heterocycles. The average Bonchev–Trinajstić information content (AvgIpc) is 2.81. The molecule has 2 aromatic carbocycles. The minimum absolute atomic E-state index is 0.215. The van der Waals surface area contributed by atoms with Gasteiger partial charge in [-0.2, -0.15) is 5.26 Å². The van der Waals surface area contributed by atoms with Gasteiger partial charge in [-0.1, -0.05) is 18.2 Å². The van der Waals surface area contributed by atoms with Gasteiger partial charge in [0.25, 0.3) is 0 Å². The van der Waals surface area contributed by atoms with Gasteiger partial charge in [-0.15, -0.1) is 0 Å². The van der Waals surface area contributed by atoms with E-state index in [2.05, 4.69) is 17.5 Å². The molecule has 1 saturated carbocycles. The summed E-state index contributed by atoms with van der Waals surface area (Å²) in [5.41, 5.74) is 3.45. The highest BCUT2D eigenvalue weighted by Crippen LogP contribution is 2.28. The van der Waals surface area contributed by atoms with E-state index >= 15 is 0 Å². The Morgan fingerprint density at radius 1 is 1.09 bits per heavy atom. The minimum atomic E-state index is -0.477. The van der Waals surface area contributed by atoms with Gasteiger partial charge in [0.2, 0.25) is 0 Å². The van der Waals surface area contributed by atoms with Crippen LogP contribution < -0.4 is 10.1 Å². The van der Waals surface area contributed by atoms with E-state index in [1.807, 2.05) is 64.2 Å².